The molecule has 0 N–H and O–H groups in total. The van der Waals surface area contributed by atoms with Crippen LogP contribution in [0.4, 0.5) is 10.1 Å². The summed E-state index contributed by atoms with van der Waals surface area (Å²) in [6.07, 6.45) is 3.41. The molecule has 4 nitrogen and oxygen atoms in total. The Hall–Kier alpha value is -3.25. The van der Waals surface area contributed by atoms with Crippen molar-refractivity contribution in [2.45, 2.75) is 11.8 Å². The molecule has 6 heteroatoms. The molecule has 0 heterocycles. The third kappa shape index (κ3) is 5.42. The molecule has 0 atom stereocenters. The first-order valence-corrected chi connectivity index (χ1v) is 10.8. The topological polar surface area (TPSA) is 49.7 Å². The molecule has 0 radical (unpaired) electrons. The van der Waals surface area contributed by atoms with Gasteiger partial charge in [-0.1, -0.05) is 35.9 Å². The van der Waals surface area contributed by atoms with Crippen LogP contribution in [0, 0.1) is 12.7 Å². The summed E-state index contributed by atoms with van der Waals surface area (Å²) in [5, 5.41) is 0. The second-order valence-corrected chi connectivity index (χ2v) is 8.69. The Kier molecular flexibility index (Phi) is 6.47. The first-order valence-electron chi connectivity index (χ1n) is 9.38. The molecule has 0 unspecified atom stereocenters. The van der Waals surface area contributed by atoms with Gasteiger partial charge in [-0.3, -0.25) is 0 Å². The number of hydrogen-bond donors (Lipinski definition) is 0. The zero-order valence-electron chi connectivity index (χ0n) is 17.1. The van der Waals surface area contributed by atoms with Gasteiger partial charge in [-0.2, -0.15) is 12.8 Å². The second-order valence-electron chi connectivity index (χ2n) is 7.09. The molecule has 0 saturated carbocycles. The summed E-state index contributed by atoms with van der Waals surface area (Å²) < 4.78 is 43.1. The summed E-state index contributed by atoms with van der Waals surface area (Å²) in [5.74, 6) is -0.400. The normalized spacial score (nSPS) is 12.3. The summed E-state index contributed by atoms with van der Waals surface area (Å²) in [7, 11) is -0.00375. The Labute approximate surface area is 177 Å². The molecule has 0 saturated heterocycles. The molecular weight excluding hydrogens is 399 g/mol. The van der Waals surface area contributed by atoms with Gasteiger partial charge in [0.15, 0.2) is 0 Å². The van der Waals surface area contributed by atoms with Gasteiger partial charge in [0.05, 0.1) is 10.6 Å². The number of rotatable bonds is 6. The van der Waals surface area contributed by atoms with Crippen molar-refractivity contribution in [2.75, 3.05) is 19.0 Å². The molecule has 0 fully saturated rings. The quantitative estimate of drug-likeness (QED) is 0.520. The van der Waals surface area contributed by atoms with Crippen molar-refractivity contribution < 1.29 is 12.8 Å². The van der Waals surface area contributed by atoms with E-state index in [9.17, 15) is 12.8 Å². The molecule has 0 spiro atoms. The number of allylic oxidation sites excluding steroid dienone is 1. The number of anilines is 1. The zero-order chi connectivity index (χ0) is 21.7. The maximum absolute atomic E-state index is 13.4. The number of benzene rings is 3. The van der Waals surface area contributed by atoms with E-state index in [0.29, 0.717) is 5.56 Å². The van der Waals surface area contributed by atoms with Crippen LogP contribution in [-0.2, 0) is 10.0 Å². The smallest absolute Gasteiger partial charge is 0.282 e. The third-order valence-corrected chi connectivity index (χ3v) is 5.83. The minimum Gasteiger partial charge on any atom is -0.378 e. The van der Waals surface area contributed by atoms with Crippen molar-refractivity contribution in [1.29, 1.82) is 0 Å². The molecule has 3 aromatic carbocycles. The van der Waals surface area contributed by atoms with Crippen LogP contribution >= 0.6 is 0 Å². The number of aryl methyl sites for hydroxylation is 1. The number of sulfonamides is 1. The molecule has 0 aliphatic heterocycles. The molecule has 30 heavy (non-hydrogen) atoms. The lowest BCUT2D eigenvalue weighted by Crippen LogP contribution is -2.08. The van der Waals surface area contributed by atoms with E-state index in [1.165, 1.54) is 36.4 Å². The molecule has 0 amide bonds. The van der Waals surface area contributed by atoms with E-state index >= 15 is 0 Å². The standard InChI is InChI=1S/C24H23FN2O2S/c1-18-4-15-23(16-5-18)30(28,29)26-24(20-9-11-21(25)12-10-20)17-8-19-6-13-22(14-7-19)27(2)3/h4-17H,1-3H3/b17-8+,26-24?. The minimum atomic E-state index is -3.92. The molecule has 0 bridgehead atoms. The molecule has 3 aromatic rings. The zero-order valence-corrected chi connectivity index (χ0v) is 17.9. The van der Waals surface area contributed by atoms with Gasteiger partial charge in [-0.15, -0.1) is 0 Å². The van der Waals surface area contributed by atoms with Crippen LogP contribution in [0.5, 0.6) is 0 Å². The molecule has 154 valence electrons. The molecular formula is C24H23FN2O2S. The lowest BCUT2D eigenvalue weighted by molar-refractivity contribution is 0.598. The minimum absolute atomic E-state index is 0.108. The van der Waals surface area contributed by atoms with Crippen molar-refractivity contribution >= 4 is 27.5 Å². The second kappa shape index (κ2) is 9.05. The molecule has 0 aromatic heterocycles. The summed E-state index contributed by atoms with van der Waals surface area (Å²) in [4.78, 5) is 2.10. The maximum atomic E-state index is 13.4. The van der Waals surface area contributed by atoms with Crippen molar-refractivity contribution in [3.8, 4) is 0 Å². The Morgan fingerprint density at radius 1 is 0.900 bits per heavy atom. The lowest BCUT2D eigenvalue weighted by Gasteiger charge is -2.11. The van der Waals surface area contributed by atoms with E-state index < -0.39 is 15.8 Å². The van der Waals surface area contributed by atoms with Crippen LogP contribution in [0.15, 0.2) is 88.2 Å². The highest BCUT2D eigenvalue weighted by molar-refractivity contribution is 7.90. The molecule has 0 aliphatic carbocycles. The van der Waals surface area contributed by atoms with Crippen LogP contribution < -0.4 is 4.90 Å². The van der Waals surface area contributed by atoms with Gasteiger partial charge < -0.3 is 4.90 Å². The first kappa shape index (κ1) is 21.5. The summed E-state index contributed by atoms with van der Waals surface area (Å²) in [6.45, 7) is 1.88. The van der Waals surface area contributed by atoms with E-state index in [0.717, 1.165) is 16.8 Å². The van der Waals surface area contributed by atoms with Crippen LogP contribution in [0.3, 0.4) is 0 Å². The number of nitrogens with zero attached hydrogens (tertiary/aromatic N) is 2. The summed E-state index contributed by atoms with van der Waals surface area (Å²) in [5.41, 5.74) is 3.64. The van der Waals surface area contributed by atoms with E-state index in [1.807, 2.05) is 50.2 Å². The maximum Gasteiger partial charge on any atom is 0.282 e. The Morgan fingerprint density at radius 2 is 1.50 bits per heavy atom. The van der Waals surface area contributed by atoms with Crippen molar-refractivity contribution in [3.63, 3.8) is 0 Å². The van der Waals surface area contributed by atoms with Gasteiger partial charge >= 0.3 is 0 Å². The highest BCUT2D eigenvalue weighted by Crippen LogP contribution is 2.17. The first-order chi connectivity index (χ1) is 14.2. The van der Waals surface area contributed by atoms with Gasteiger partial charge in [-0.25, -0.2) is 4.39 Å². The largest absolute Gasteiger partial charge is 0.378 e. The van der Waals surface area contributed by atoms with Gasteiger partial charge in [-0.05, 0) is 67.1 Å². The van der Waals surface area contributed by atoms with E-state index in [2.05, 4.69) is 4.40 Å². The third-order valence-electron chi connectivity index (χ3n) is 4.52. The average molecular weight is 423 g/mol. The van der Waals surface area contributed by atoms with E-state index in [1.54, 1.807) is 24.3 Å². The van der Waals surface area contributed by atoms with Crippen LogP contribution in [0.25, 0.3) is 6.08 Å². The van der Waals surface area contributed by atoms with Crippen molar-refractivity contribution in [1.82, 2.24) is 0 Å². The molecule has 0 aliphatic rings. The van der Waals surface area contributed by atoms with E-state index in [-0.39, 0.29) is 10.6 Å². The molecule has 3 rings (SSSR count). The van der Waals surface area contributed by atoms with Crippen LogP contribution in [0.2, 0.25) is 0 Å². The Balaban J connectivity index is 2.01. The fraction of sp³-hybridized carbons (Fsp3) is 0.125. The highest BCUT2D eigenvalue weighted by Gasteiger charge is 2.14. The van der Waals surface area contributed by atoms with Crippen LogP contribution in [0.1, 0.15) is 16.7 Å². The monoisotopic (exact) mass is 422 g/mol. The Bertz CT molecular complexity index is 1160. The predicted octanol–water partition coefficient (Wildman–Crippen LogP) is 5.09. The average Bonchev–Trinajstić information content (AvgIpc) is 2.72. The summed E-state index contributed by atoms with van der Waals surface area (Å²) in [6, 6.07) is 19.9. The van der Waals surface area contributed by atoms with Gasteiger partial charge in [0.25, 0.3) is 10.0 Å². The fourth-order valence-corrected chi connectivity index (χ4v) is 3.76. The fourth-order valence-electron chi connectivity index (χ4n) is 2.75. The van der Waals surface area contributed by atoms with Gasteiger partial charge in [0.2, 0.25) is 0 Å². The SMILES string of the molecule is Cc1ccc(S(=O)(=O)N=C(/C=C/c2ccc(N(C)C)cc2)c2ccc(F)cc2)cc1. The van der Waals surface area contributed by atoms with Crippen LogP contribution in [-0.4, -0.2) is 28.2 Å². The lowest BCUT2D eigenvalue weighted by atomic mass is 10.1. The predicted molar refractivity (Wildman–Crippen MR) is 121 cm³/mol. The van der Waals surface area contributed by atoms with Crippen molar-refractivity contribution in [3.05, 3.63) is 101 Å². The summed E-state index contributed by atoms with van der Waals surface area (Å²) >= 11 is 0. The van der Waals surface area contributed by atoms with E-state index in [4.69, 9.17) is 0 Å². The van der Waals surface area contributed by atoms with Crippen molar-refractivity contribution in [2.24, 2.45) is 4.40 Å². The Morgan fingerprint density at radius 3 is 2.07 bits per heavy atom. The van der Waals surface area contributed by atoms with Gasteiger partial charge in [0, 0.05) is 25.3 Å². The number of halogens is 1. The number of hydrogen-bond acceptors (Lipinski definition) is 3. The van der Waals surface area contributed by atoms with Gasteiger partial charge in [0.1, 0.15) is 5.82 Å². The highest BCUT2D eigenvalue weighted by atomic mass is 32.2.